The Bertz CT molecular complexity index is 1270. The molecule has 0 fully saturated rings. The Labute approximate surface area is 207 Å². The third-order valence-electron chi connectivity index (χ3n) is 5.42. The molecule has 0 heterocycles. The van der Waals surface area contributed by atoms with E-state index >= 15 is 0 Å². The number of aryl methyl sites for hydroxylation is 2. The summed E-state index contributed by atoms with van der Waals surface area (Å²) in [7, 11) is 1.35. The predicted octanol–water partition coefficient (Wildman–Crippen LogP) is 5.46. The van der Waals surface area contributed by atoms with E-state index in [-0.39, 0.29) is 22.2 Å². The van der Waals surface area contributed by atoms with Crippen molar-refractivity contribution in [2.45, 2.75) is 25.2 Å². The maximum Gasteiger partial charge on any atom is 0.337 e. The molecule has 0 bridgehead atoms. The minimum atomic E-state index is -1.39. The van der Waals surface area contributed by atoms with Crippen molar-refractivity contribution in [3.63, 3.8) is 0 Å². The number of carbonyl (C=O) groups is 2. The van der Waals surface area contributed by atoms with Gasteiger partial charge in [0.25, 0.3) is 5.69 Å². The minimum Gasteiger partial charge on any atom is -0.465 e. The van der Waals surface area contributed by atoms with Crippen molar-refractivity contribution in [3.05, 3.63) is 104 Å². The Morgan fingerprint density at radius 2 is 1.66 bits per heavy atom. The number of nitrogens with one attached hydrogen (secondary N) is 1. The summed E-state index contributed by atoms with van der Waals surface area (Å²) in [6, 6.07) is 20.1. The molecular formula is C26H22ClN3O5. The van der Waals surface area contributed by atoms with Crippen molar-refractivity contribution in [2.24, 2.45) is 0 Å². The molecule has 0 saturated carbocycles. The highest BCUT2D eigenvalue weighted by Gasteiger charge is 2.28. The number of halogens is 1. The second-order valence-electron chi connectivity index (χ2n) is 7.75. The molecule has 3 rings (SSSR count). The van der Waals surface area contributed by atoms with Crippen LogP contribution in [0.15, 0.2) is 66.7 Å². The van der Waals surface area contributed by atoms with Gasteiger partial charge in [-0.15, -0.1) is 0 Å². The fourth-order valence-corrected chi connectivity index (χ4v) is 3.76. The molecule has 9 heteroatoms. The van der Waals surface area contributed by atoms with Crippen LogP contribution in [0.25, 0.3) is 0 Å². The Balaban J connectivity index is 1.58. The molecule has 0 aliphatic heterocycles. The lowest BCUT2D eigenvalue weighted by Crippen LogP contribution is -2.21. The molecule has 8 nitrogen and oxygen atoms in total. The minimum absolute atomic E-state index is 0.0567. The van der Waals surface area contributed by atoms with E-state index < -0.39 is 16.7 Å². The molecule has 0 aliphatic rings. The van der Waals surface area contributed by atoms with Gasteiger partial charge in [-0.1, -0.05) is 35.9 Å². The number of rotatable bonds is 9. The third-order valence-corrected chi connectivity index (χ3v) is 5.65. The standard InChI is InChI=1S/C26H22ClN3O5/c1-35-26(32)19-9-5-17(6-10-19)3-2-4-18-7-12-21(13-8-18)29-25(31)23(16-28)22-15-20(27)11-14-24(22)30(33)34/h5-15,23H,2-4H2,1H3,(H,29,31). The first-order valence-corrected chi connectivity index (χ1v) is 11.1. The highest BCUT2D eigenvalue weighted by Crippen LogP contribution is 2.30. The number of nitrogens with zero attached hydrogens (tertiary/aromatic N) is 2. The number of esters is 1. The number of anilines is 1. The predicted molar refractivity (Wildman–Crippen MR) is 131 cm³/mol. The van der Waals surface area contributed by atoms with Crippen molar-refractivity contribution >= 4 is 34.9 Å². The van der Waals surface area contributed by atoms with Gasteiger partial charge < -0.3 is 10.1 Å². The monoisotopic (exact) mass is 491 g/mol. The highest BCUT2D eigenvalue weighted by molar-refractivity contribution is 6.30. The van der Waals surface area contributed by atoms with Crippen LogP contribution in [0.4, 0.5) is 11.4 Å². The molecule has 1 unspecified atom stereocenters. The maximum atomic E-state index is 12.7. The van der Waals surface area contributed by atoms with Crippen molar-refractivity contribution in [2.75, 3.05) is 12.4 Å². The molecule has 3 aromatic rings. The molecule has 0 radical (unpaired) electrons. The summed E-state index contributed by atoms with van der Waals surface area (Å²) in [5.74, 6) is -2.43. The van der Waals surface area contributed by atoms with Gasteiger partial charge in [0, 0.05) is 16.8 Å². The zero-order chi connectivity index (χ0) is 25.4. The number of nitro benzene ring substituents is 1. The third kappa shape index (κ3) is 6.65. The van der Waals surface area contributed by atoms with Gasteiger partial charge in [0.2, 0.25) is 5.91 Å². The number of nitro groups is 1. The van der Waals surface area contributed by atoms with Gasteiger partial charge >= 0.3 is 5.97 Å². The van der Waals surface area contributed by atoms with E-state index in [0.717, 1.165) is 30.4 Å². The summed E-state index contributed by atoms with van der Waals surface area (Å²) in [4.78, 5) is 34.9. The Morgan fingerprint density at radius 3 is 2.20 bits per heavy atom. The second-order valence-corrected chi connectivity index (χ2v) is 8.19. The summed E-state index contributed by atoms with van der Waals surface area (Å²) in [6.45, 7) is 0. The van der Waals surface area contributed by atoms with Crippen molar-refractivity contribution in [1.82, 2.24) is 0 Å². The van der Waals surface area contributed by atoms with Crippen LogP contribution >= 0.6 is 11.6 Å². The van der Waals surface area contributed by atoms with Crippen molar-refractivity contribution in [1.29, 1.82) is 5.26 Å². The van der Waals surface area contributed by atoms with Crippen LogP contribution in [0.5, 0.6) is 0 Å². The lowest BCUT2D eigenvalue weighted by molar-refractivity contribution is -0.385. The number of hydrogen-bond donors (Lipinski definition) is 1. The number of hydrogen-bond acceptors (Lipinski definition) is 6. The Morgan fingerprint density at radius 1 is 1.06 bits per heavy atom. The Hall–Kier alpha value is -4.22. The summed E-state index contributed by atoms with van der Waals surface area (Å²) >= 11 is 5.93. The zero-order valence-electron chi connectivity index (χ0n) is 18.9. The largest absolute Gasteiger partial charge is 0.465 e. The lowest BCUT2D eigenvalue weighted by Gasteiger charge is -2.12. The number of methoxy groups -OCH3 is 1. The van der Waals surface area contributed by atoms with Gasteiger partial charge in [0.1, 0.15) is 0 Å². The van der Waals surface area contributed by atoms with Crippen LogP contribution in [-0.2, 0) is 22.4 Å². The summed E-state index contributed by atoms with van der Waals surface area (Å²) < 4.78 is 4.70. The number of nitriles is 1. The normalized spacial score (nSPS) is 11.2. The van der Waals surface area contributed by atoms with E-state index in [1.165, 1.54) is 25.3 Å². The molecule has 1 amide bonds. The van der Waals surface area contributed by atoms with Crippen LogP contribution in [0.2, 0.25) is 5.02 Å². The quantitative estimate of drug-likeness (QED) is 0.241. The van der Waals surface area contributed by atoms with Gasteiger partial charge in [-0.25, -0.2) is 4.79 Å². The average molecular weight is 492 g/mol. The number of ether oxygens (including phenoxy) is 1. The van der Waals surface area contributed by atoms with E-state index in [0.29, 0.717) is 11.3 Å². The zero-order valence-corrected chi connectivity index (χ0v) is 19.6. The highest BCUT2D eigenvalue weighted by atomic mass is 35.5. The van der Waals surface area contributed by atoms with Crippen LogP contribution in [0, 0.1) is 21.4 Å². The topological polar surface area (TPSA) is 122 Å². The van der Waals surface area contributed by atoms with E-state index in [4.69, 9.17) is 16.3 Å². The number of amides is 1. The fourth-order valence-electron chi connectivity index (χ4n) is 3.58. The van der Waals surface area contributed by atoms with Crippen LogP contribution in [0.3, 0.4) is 0 Å². The Kier molecular flexibility index (Phi) is 8.54. The lowest BCUT2D eigenvalue weighted by atomic mass is 9.97. The molecule has 0 spiro atoms. The number of benzene rings is 3. The van der Waals surface area contributed by atoms with Crippen molar-refractivity contribution in [3.8, 4) is 6.07 Å². The van der Waals surface area contributed by atoms with Crippen LogP contribution < -0.4 is 5.32 Å². The number of carbonyl (C=O) groups excluding carboxylic acids is 2. The summed E-state index contributed by atoms with van der Waals surface area (Å²) in [5, 5.41) is 23.7. The fraction of sp³-hybridized carbons (Fsp3) is 0.192. The van der Waals surface area contributed by atoms with E-state index in [2.05, 4.69) is 5.32 Å². The van der Waals surface area contributed by atoms with E-state index in [1.807, 2.05) is 30.3 Å². The van der Waals surface area contributed by atoms with E-state index in [9.17, 15) is 25.0 Å². The summed E-state index contributed by atoms with van der Waals surface area (Å²) in [5.41, 5.74) is 2.76. The SMILES string of the molecule is COC(=O)c1ccc(CCCc2ccc(NC(=O)C(C#N)c3cc(Cl)ccc3[N+](=O)[O-])cc2)cc1. The maximum absolute atomic E-state index is 12.7. The first-order valence-electron chi connectivity index (χ1n) is 10.7. The van der Waals surface area contributed by atoms with Gasteiger partial charge in [0.15, 0.2) is 5.92 Å². The molecule has 0 aromatic heterocycles. The molecule has 1 atom stereocenters. The van der Waals surface area contributed by atoms with E-state index in [1.54, 1.807) is 24.3 Å². The molecule has 1 N–H and O–H groups in total. The van der Waals surface area contributed by atoms with Gasteiger partial charge in [-0.3, -0.25) is 14.9 Å². The smallest absolute Gasteiger partial charge is 0.337 e. The van der Waals surface area contributed by atoms with Crippen molar-refractivity contribution < 1.29 is 19.2 Å². The average Bonchev–Trinajstić information content (AvgIpc) is 2.85. The van der Waals surface area contributed by atoms with Crippen LogP contribution in [0.1, 0.15) is 39.4 Å². The second kappa shape index (κ2) is 11.8. The van der Waals surface area contributed by atoms with Crippen LogP contribution in [-0.4, -0.2) is 23.9 Å². The molecular weight excluding hydrogens is 470 g/mol. The molecule has 178 valence electrons. The first-order chi connectivity index (χ1) is 16.8. The van der Waals surface area contributed by atoms with Gasteiger partial charge in [-0.05, 0) is 66.8 Å². The molecule has 0 saturated heterocycles. The molecule has 35 heavy (non-hydrogen) atoms. The molecule has 0 aliphatic carbocycles. The van der Waals surface area contributed by atoms with Gasteiger partial charge in [0.05, 0.1) is 29.2 Å². The first kappa shape index (κ1) is 25.4. The molecule has 3 aromatic carbocycles. The summed E-state index contributed by atoms with van der Waals surface area (Å²) in [6.07, 6.45) is 2.53. The van der Waals surface area contributed by atoms with Gasteiger partial charge in [-0.2, -0.15) is 5.26 Å².